The summed E-state index contributed by atoms with van der Waals surface area (Å²) in [7, 11) is -3.76. The number of nitrogens with one attached hydrogen (secondary N) is 1. The number of rotatable bonds is 4. The topological polar surface area (TPSA) is 81.4 Å². The maximum absolute atomic E-state index is 12.3. The molecule has 1 heterocycles. The molecule has 0 bridgehead atoms. The van der Waals surface area contributed by atoms with Gasteiger partial charge in [-0.3, -0.25) is 0 Å². The second-order valence-corrected chi connectivity index (χ2v) is 7.52. The van der Waals surface area contributed by atoms with Crippen LogP contribution in [0, 0.1) is 0 Å². The van der Waals surface area contributed by atoms with Crippen molar-refractivity contribution in [2.24, 2.45) is 0 Å². The second-order valence-electron chi connectivity index (χ2n) is 5.00. The quantitative estimate of drug-likeness (QED) is 0.826. The van der Waals surface area contributed by atoms with Gasteiger partial charge in [0.1, 0.15) is 4.90 Å². The van der Waals surface area contributed by atoms with Gasteiger partial charge in [0, 0.05) is 13.2 Å². The third-order valence-corrected chi connectivity index (χ3v) is 5.61. The Labute approximate surface area is 128 Å². The van der Waals surface area contributed by atoms with Gasteiger partial charge in [-0.1, -0.05) is 23.2 Å². The van der Waals surface area contributed by atoms with Crippen molar-refractivity contribution in [2.45, 2.75) is 30.3 Å². The van der Waals surface area contributed by atoms with Gasteiger partial charge in [-0.2, -0.15) is 0 Å². The Morgan fingerprint density at radius 2 is 2.15 bits per heavy atom. The molecule has 0 amide bonds. The number of anilines is 1. The van der Waals surface area contributed by atoms with Crippen LogP contribution in [0.15, 0.2) is 17.0 Å². The first kappa shape index (κ1) is 15.9. The molecule has 1 unspecified atom stereocenters. The third-order valence-electron chi connectivity index (χ3n) is 3.32. The Morgan fingerprint density at radius 1 is 1.45 bits per heavy atom. The van der Waals surface area contributed by atoms with E-state index in [0.717, 1.165) is 12.8 Å². The van der Waals surface area contributed by atoms with Gasteiger partial charge in [0.2, 0.25) is 10.0 Å². The number of nitrogen functional groups attached to an aromatic ring is 1. The first-order chi connectivity index (χ1) is 9.25. The van der Waals surface area contributed by atoms with Gasteiger partial charge in [0.15, 0.2) is 0 Å². The zero-order valence-corrected chi connectivity index (χ0v) is 13.3. The van der Waals surface area contributed by atoms with E-state index in [9.17, 15) is 8.42 Å². The molecular formula is C12H16Cl2N2O3S. The predicted octanol–water partition coefficient (Wildman–Crippen LogP) is 2.42. The minimum Gasteiger partial charge on any atom is -0.396 e. The maximum Gasteiger partial charge on any atom is 0.242 e. The molecule has 1 aromatic rings. The first-order valence-electron chi connectivity index (χ1n) is 6.12. The second kappa shape index (κ2) is 5.69. The molecular weight excluding hydrogens is 323 g/mol. The summed E-state index contributed by atoms with van der Waals surface area (Å²) in [5.41, 5.74) is 5.22. The molecule has 1 fully saturated rings. The molecule has 0 radical (unpaired) electrons. The molecule has 1 aromatic carbocycles. The lowest BCUT2D eigenvalue weighted by atomic mass is 10.0. The number of halogens is 2. The molecule has 5 nitrogen and oxygen atoms in total. The molecule has 20 heavy (non-hydrogen) atoms. The van der Waals surface area contributed by atoms with Crippen molar-refractivity contribution >= 4 is 38.9 Å². The lowest BCUT2D eigenvalue weighted by Crippen LogP contribution is -2.40. The molecule has 8 heteroatoms. The largest absolute Gasteiger partial charge is 0.396 e. The SMILES string of the molecule is CC1(CNS(=O)(=O)c2ccc(Cl)c(N)c2Cl)CCCO1. The van der Waals surface area contributed by atoms with E-state index in [0.29, 0.717) is 6.61 Å². The van der Waals surface area contributed by atoms with E-state index in [-0.39, 0.29) is 27.2 Å². The Morgan fingerprint density at radius 3 is 2.75 bits per heavy atom. The summed E-state index contributed by atoms with van der Waals surface area (Å²) in [6.07, 6.45) is 1.74. The van der Waals surface area contributed by atoms with Crippen molar-refractivity contribution in [3.8, 4) is 0 Å². The van der Waals surface area contributed by atoms with Crippen LogP contribution in [0.25, 0.3) is 0 Å². The van der Waals surface area contributed by atoms with Gasteiger partial charge in [0.05, 0.1) is 21.3 Å². The van der Waals surface area contributed by atoms with Gasteiger partial charge < -0.3 is 10.5 Å². The molecule has 0 spiro atoms. The first-order valence-corrected chi connectivity index (χ1v) is 8.36. The van der Waals surface area contributed by atoms with E-state index in [1.807, 2.05) is 6.92 Å². The average Bonchev–Trinajstić information content (AvgIpc) is 2.81. The molecule has 2 rings (SSSR count). The van der Waals surface area contributed by atoms with E-state index in [1.54, 1.807) is 0 Å². The zero-order chi connectivity index (χ0) is 15.0. The molecule has 0 aliphatic carbocycles. The fourth-order valence-electron chi connectivity index (χ4n) is 2.06. The summed E-state index contributed by atoms with van der Waals surface area (Å²) in [6, 6.07) is 2.74. The molecule has 1 saturated heterocycles. The van der Waals surface area contributed by atoms with Crippen molar-refractivity contribution in [2.75, 3.05) is 18.9 Å². The summed E-state index contributed by atoms with van der Waals surface area (Å²) in [5.74, 6) is 0. The normalized spacial score (nSPS) is 23.1. The minimum atomic E-state index is -3.76. The fourth-order valence-corrected chi connectivity index (χ4v) is 3.98. The highest BCUT2D eigenvalue weighted by atomic mass is 35.5. The number of sulfonamides is 1. The van der Waals surface area contributed by atoms with E-state index in [2.05, 4.69) is 4.72 Å². The molecule has 112 valence electrons. The van der Waals surface area contributed by atoms with Crippen LogP contribution < -0.4 is 10.5 Å². The standard InChI is InChI=1S/C12H16Cl2N2O3S/c1-12(5-2-6-19-12)7-16-20(17,18)9-4-3-8(13)11(15)10(9)14/h3-4,16H,2,5-7,15H2,1H3. The van der Waals surface area contributed by atoms with Gasteiger partial charge in [-0.15, -0.1) is 0 Å². The average molecular weight is 339 g/mol. The van der Waals surface area contributed by atoms with Crippen LogP contribution in [0.1, 0.15) is 19.8 Å². The molecule has 1 aliphatic heterocycles. The molecule has 1 atom stereocenters. The number of ether oxygens (including phenoxy) is 1. The number of hydrogen-bond donors (Lipinski definition) is 2. The van der Waals surface area contributed by atoms with Crippen molar-refractivity contribution in [1.82, 2.24) is 4.72 Å². The monoisotopic (exact) mass is 338 g/mol. The van der Waals surface area contributed by atoms with Crippen LogP contribution in [0.4, 0.5) is 5.69 Å². The fraction of sp³-hybridized carbons (Fsp3) is 0.500. The van der Waals surface area contributed by atoms with Crippen molar-refractivity contribution < 1.29 is 13.2 Å². The summed E-state index contributed by atoms with van der Waals surface area (Å²) in [4.78, 5) is -0.0809. The van der Waals surface area contributed by atoms with E-state index in [1.165, 1.54) is 12.1 Å². The van der Waals surface area contributed by atoms with Crippen molar-refractivity contribution in [1.29, 1.82) is 0 Å². The minimum absolute atomic E-state index is 0.0551. The van der Waals surface area contributed by atoms with Gasteiger partial charge >= 0.3 is 0 Å². The number of benzene rings is 1. The summed E-state index contributed by atoms with van der Waals surface area (Å²) < 4.78 is 32.6. The van der Waals surface area contributed by atoms with Crippen LogP contribution in [-0.4, -0.2) is 27.2 Å². The van der Waals surface area contributed by atoms with Crippen LogP contribution in [-0.2, 0) is 14.8 Å². The molecule has 3 N–H and O–H groups in total. The zero-order valence-electron chi connectivity index (χ0n) is 10.9. The highest BCUT2D eigenvalue weighted by Crippen LogP contribution is 2.33. The third kappa shape index (κ3) is 3.20. The molecule has 0 saturated carbocycles. The van der Waals surface area contributed by atoms with Gasteiger partial charge in [-0.05, 0) is 31.9 Å². The van der Waals surface area contributed by atoms with Crippen LogP contribution in [0.2, 0.25) is 10.0 Å². The Hall–Kier alpha value is -0.530. The van der Waals surface area contributed by atoms with Crippen LogP contribution >= 0.6 is 23.2 Å². The van der Waals surface area contributed by atoms with E-state index in [4.69, 9.17) is 33.7 Å². The van der Waals surface area contributed by atoms with Crippen LogP contribution in [0.5, 0.6) is 0 Å². The predicted molar refractivity (Wildman–Crippen MR) is 79.7 cm³/mol. The number of nitrogens with two attached hydrogens (primary N) is 1. The summed E-state index contributed by atoms with van der Waals surface area (Å²) in [5, 5.41) is 0.155. The highest BCUT2D eigenvalue weighted by Gasteiger charge is 2.32. The van der Waals surface area contributed by atoms with Crippen molar-refractivity contribution in [3.63, 3.8) is 0 Å². The Balaban J connectivity index is 2.21. The molecule has 0 aromatic heterocycles. The van der Waals surface area contributed by atoms with Crippen molar-refractivity contribution in [3.05, 3.63) is 22.2 Å². The lowest BCUT2D eigenvalue weighted by Gasteiger charge is -2.23. The van der Waals surface area contributed by atoms with E-state index < -0.39 is 15.6 Å². The summed E-state index contributed by atoms with van der Waals surface area (Å²) >= 11 is 11.7. The Bertz CT molecular complexity index is 613. The highest BCUT2D eigenvalue weighted by molar-refractivity contribution is 7.89. The summed E-state index contributed by atoms with van der Waals surface area (Å²) in [6.45, 7) is 2.71. The lowest BCUT2D eigenvalue weighted by molar-refractivity contribution is 0.0250. The van der Waals surface area contributed by atoms with Gasteiger partial charge in [0.25, 0.3) is 0 Å². The smallest absolute Gasteiger partial charge is 0.242 e. The van der Waals surface area contributed by atoms with E-state index >= 15 is 0 Å². The van der Waals surface area contributed by atoms with Crippen LogP contribution in [0.3, 0.4) is 0 Å². The molecule has 1 aliphatic rings. The number of hydrogen-bond acceptors (Lipinski definition) is 4. The maximum atomic E-state index is 12.3. The Kier molecular flexibility index (Phi) is 4.51. The van der Waals surface area contributed by atoms with Gasteiger partial charge in [-0.25, -0.2) is 13.1 Å².